The van der Waals surface area contributed by atoms with Gasteiger partial charge in [0, 0.05) is 25.7 Å². The minimum absolute atomic E-state index is 0.104. The van der Waals surface area contributed by atoms with Gasteiger partial charge in [-0.25, -0.2) is 9.13 Å². The zero-order valence-corrected chi connectivity index (χ0v) is 57.6. The van der Waals surface area contributed by atoms with E-state index < -0.39 is 97.5 Å². The summed E-state index contributed by atoms with van der Waals surface area (Å²) in [6, 6.07) is 0. The number of unbranched alkanes of at least 4 members (excludes halogenated alkanes) is 30. The summed E-state index contributed by atoms with van der Waals surface area (Å²) < 4.78 is 68.1. The van der Waals surface area contributed by atoms with Crippen LogP contribution in [0.3, 0.4) is 0 Å². The van der Waals surface area contributed by atoms with Crippen LogP contribution >= 0.6 is 15.6 Å². The number of hydrogen-bond acceptors (Lipinski definition) is 15. The highest BCUT2D eigenvalue weighted by atomic mass is 31.2. The van der Waals surface area contributed by atoms with Crippen molar-refractivity contribution in [3.8, 4) is 0 Å². The summed E-state index contributed by atoms with van der Waals surface area (Å²) in [5, 5.41) is 10.6. The van der Waals surface area contributed by atoms with E-state index in [0.29, 0.717) is 25.7 Å². The number of phosphoric acid groups is 2. The molecular formula is C67H130O17P2. The Hall–Kier alpha value is -1.94. The van der Waals surface area contributed by atoms with Crippen LogP contribution in [0.5, 0.6) is 0 Å². The molecule has 0 aromatic rings. The van der Waals surface area contributed by atoms with Crippen LogP contribution in [0.1, 0.15) is 331 Å². The van der Waals surface area contributed by atoms with Crippen molar-refractivity contribution in [1.82, 2.24) is 0 Å². The van der Waals surface area contributed by atoms with Crippen LogP contribution in [0.15, 0.2) is 0 Å². The molecule has 0 amide bonds. The fourth-order valence-electron chi connectivity index (χ4n) is 9.91. The Morgan fingerprint density at radius 1 is 0.326 bits per heavy atom. The van der Waals surface area contributed by atoms with Crippen molar-refractivity contribution in [1.29, 1.82) is 0 Å². The zero-order chi connectivity index (χ0) is 63.8. The molecule has 0 aromatic carbocycles. The molecule has 19 heteroatoms. The molecule has 0 spiro atoms. The molecule has 17 nitrogen and oxygen atoms in total. The number of hydrogen-bond donors (Lipinski definition) is 3. The van der Waals surface area contributed by atoms with Crippen molar-refractivity contribution in [2.75, 3.05) is 39.6 Å². The van der Waals surface area contributed by atoms with Gasteiger partial charge in [0.15, 0.2) is 12.2 Å². The molecule has 510 valence electrons. The first kappa shape index (κ1) is 84.1. The Kier molecular flexibility index (Phi) is 56.9. The van der Waals surface area contributed by atoms with Gasteiger partial charge in [0.2, 0.25) is 0 Å². The largest absolute Gasteiger partial charge is 0.472 e. The maximum atomic E-state index is 13.0. The van der Waals surface area contributed by atoms with E-state index in [0.717, 1.165) is 114 Å². The van der Waals surface area contributed by atoms with E-state index in [1.807, 2.05) is 0 Å². The Labute approximate surface area is 524 Å². The molecule has 0 heterocycles. The Morgan fingerprint density at radius 2 is 0.558 bits per heavy atom. The number of ether oxygens (including phenoxy) is 4. The summed E-state index contributed by atoms with van der Waals surface area (Å²) in [6.07, 6.45) is 40.1. The van der Waals surface area contributed by atoms with E-state index in [1.165, 1.54) is 135 Å². The van der Waals surface area contributed by atoms with Crippen molar-refractivity contribution >= 4 is 39.5 Å². The number of phosphoric ester groups is 2. The highest BCUT2D eigenvalue weighted by Crippen LogP contribution is 2.45. The van der Waals surface area contributed by atoms with Crippen molar-refractivity contribution < 1.29 is 80.2 Å². The van der Waals surface area contributed by atoms with Gasteiger partial charge < -0.3 is 33.8 Å². The molecule has 0 bridgehead atoms. The van der Waals surface area contributed by atoms with E-state index in [1.54, 1.807) is 0 Å². The van der Waals surface area contributed by atoms with Crippen LogP contribution in [-0.4, -0.2) is 96.7 Å². The molecule has 0 aromatic heterocycles. The average molecular weight is 1270 g/mol. The van der Waals surface area contributed by atoms with E-state index in [9.17, 15) is 43.2 Å². The standard InChI is InChI=1S/C67H130O17P2/c1-8-12-13-14-15-27-34-41-48-64(69)77-54-62(84-67(72)51-44-37-30-23-21-26-33-40-47-60(7)11-4)56-81-85(73,74)79-52-61(68)53-80-86(75,76)82-57-63(55-78-65(70)49-42-35-28-22-20-25-32-39-46-59(6)10-3)83-66(71)50-43-36-29-19-17-16-18-24-31-38-45-58(5)9-2/h58-63,68H,8-57H2,1-7H3,(H,73,74)(H,75,76)/t58?,59?,60?,61-,62+,63+/m0/s1. The first-order valence-electron chi connectivity index (χ1n) is 35.0. The summed E-state index contributed by atoms with van der Waals surface area (Å²) >= 11 is 0. The zero-order valence-electron chi connectivity index (χ0n) is 55.8. The van der Waals surface area contributed by atoms with Crippen molar-refractivity contribution in [3.05, 3.63) is 0 Å². The third-order valence-corrected chi connectivity index (χ3v) is 18.4. The fourth-order valence-corrected chi connectivity index (χ4v) is 11.5. The van der Waals surface area contributed by atoms with Gasteiger partial charge in [0.25, 0.3) is 0 Å². The highest BCUT2D eigenvalue weighted by Gasteiger charge is 2.30. The number of esters is 4. The summed E-state index contributed by atoms with van der Waals surface area (Å²) in [7, 11) is -9.89. The Morgan fingerprint density at radius 3 is 0.826 bits per heavy atom. The van der Waals surface area contributed by atoms with Crippen LogP contribution < -0.4 is 0 Å². The molecule has 0 radical (unpaired) electrons. The normalized spacial score (nSPS) is 15.2. The molecule has 5 unspecified atom stereocenters. The van der Waals surface area contributed by atoms with E-state index >= 15 is 0 Å². The third-order valence-electron chi connectivity index (χ3n) is 16.5. The third kappa shape index (κ3) is 57.2. The van der Waals surface area contributed by atoms with Crippen molar-refractivity contribution in [2.24, 2.45) is 17.8 Å². The average Bonchev–Trinajstić information content (AvgIpc) is 3.53. The predicted molar refractivity (Wildman–Crippen MR) is 344 cm³/mol. The fraction of sp³-hybridized carbons (Fsp3) is 0.940. The number of aliphatic hydroxyl groups excluding tert-OH is 1. The van der Waals surface area contributed by atoms with Crippen molar-refractivity contribution in [2.45, 2.75) is 349 Å². The molecule has 3 N–H and O–H groups in total. The number of carbonyl (C=O) groups is 4. The lowest BCUT2D eigenvalue weighted by Crippen LogP contribution is -2.30. The Bertz CT molecular complexity index is 1700. The van der Waals surface area contributed by atoms with Crippen LogP contribution in [0.2, 0.25) is 0 Å². The first-order valence-corrected chi connectivity index (χ1v) is 38.0. The molecule has 0 fully saturated rings. The molecular weight excluding hydrogens is 1140 g/mol. The lowest BCUT2D eigenvalue weighted by Gasteiger charge is -2.21. The second-order valence-electron chi connectivity index (χ2n) is 24.9. The number of carbonyl (C=O) groups excluding carboxylic acids is 4. The summed E-state index contributed by atoms with van der Waals surface area (Å²) in [4.78, 5) is 72.3. The summed E-state index contributed by atoms with van der Waals surface area (Å²) in [6.45, 7) is 11.8. The molecule has 0 rings (SSSR count). The highest BCUT2D eigenvalue weighted by molar-refractivity contribution is 7.47. The second kappa shape index (κ2) is 58.2. The molecule has 0 aliphatic heterocycles. The molecule has 0 aliphatic rings. The SMILES string of the molecule is CCCCCCCCCCC(=O)OC[C@H](COP(=O)(O)OC[C@H](O)COP(=O)(O)OC[C@@H](COC(=O)CCCCCCCCCCC(C)CC)OC(=O)CCCCCCCCCCCCC(C)CC)OC(=O)CCCCCCCCCCC(C)CC. The minimum Gasteiger partial charge on any atom is -0.462 e. The molecule has 0 saturated heterocycles. The van der Waals surface area contributed by atoms with Crippen LogP contribution in [0, 0.1) is 17.8 Å². The lowest BCUT2D eigenvalue weighted by molar-refractivity contribution is -0.161. The maximum Gasteiger partial charge on any atom is 0.472 e. The minimum atomic E-state index is -4.95. The monoisotopic (exact) mass is 1270 g/mol. The van der Waals surface area contributed by atoms with Crippen LogP contribution in [0.4, 0.5) is 0 Å². The van der Waals surface area contributed by atoms with Crippen LogP contribution in [0.25, 0.3) is 0 Å². The lowest BCUT2D eigenvalue weighted by atomic mass is 9.99. The van der Waals surface area contributed by atoms with Gasteiger partial charge in [0.05, 0.1) is 26.4 Å². The number of rotatable bonds is 65. The summed E-state index contributed by atoms with van der Waals surface area (Å²) in [5.41, 5.74) is 0. The first-order chi connectivity index (χ1) is 41.3. The predicted octanol–water partition coefficient (Wildman–Crippen LogP) is 18.7. The van der Waals surface area contributed by atoms with Gasteiger partial charge in [-0.05, 0) is 43.4 Å². The van der Waals surface area contributed by atoms with Gasteiger partial charge >= 0.3 is 39.5 Å². The molecule has 8 atom stereocenters. The van der Waals surface area contributed by atoms with Crippen molar-refractivity contribution in [3.63, 3.8) is 0 Å². The van der Waals surface area contributed by atoms with Gasteiger partial charge in [0.1, 0.15) is 19.3 Å². The quantitative estimate of drug-likeness (QED) is 0.0222. The number of aliphatic hydroxyl groups is 1. The van der Waals surface area contributed by atoms with Gasteiger partial charge in [-0.1, -0.05) is 280 Å². The van der Waals surface area contributed by atoms with Gasteiger partial charge in [-0.15, -0.1) is 0 Å². The topological polar surface area (TPSA) is 237 Å². The van der Waals surface area contributed by atoms with E-state index in [2.05, 4.69) is 48.5 Å². The second-order valence-corrected chi connectivity index (χ2v) is 27.8. The van der Waals surface area contributed by atoms with E-state index in [-0.39, 0.29) is 25.7 Å². The van der Waals surface area contributed by atoms with Crippen LogP contribution in [-0.2, 0) is 65.4 Å². The smallest absolute Gasteiger partial charge is 0.462 e. The molecule has 86 heavy (non-hydrogen) atoms. The van der Waals surface area contributed by atoms with Gasteiger partial charge in [-0.2, -0.15) is 0 Å². The maximum absolute atomic E-state index is 13.0. The van der Waals surface area contributed by atoms with Gasteiger partial charge in [-0.3, -0.25) is 37.3 Å². The molecule has 0 aliphatic carbocycles. The Balaban J connectivity index is 5.26. The van der Waals surface area contributed by atoms with E-state index in [4.69, 9.17) is 37.0 Å². The summed E-state index contributed by atoms with van der Waals surface area (Å²) in [5.74, 6) is 0.216. The molecule has 0 saturated carbocycles.